The van der Waals surface area contributed by atoms with Crippen LogP contribution in [0.25, 0.3) is 0 Å². The fourth-order valence-electron chi connectivity index (χ4n) is 2.45. The van der Waals surface area contributed by atoms with Crippen LogP contribution < -0.4 is 10.5 Å². The number of ether oxygens (including phenoxy) is 1. The van der Waals surface area contributed by atoms with E-state index in [0.29, 0.717) is 13.2 Å². The molecule has 0 spiro atoms. The van der Waals surface area contributed by atoms with Crippen molar-refractivity contribution in [3.8, 4) is 5.75 Å². The highest BCUT2D eigenvalue weighted by Crippen LogP contribution is 2.29. The second kappa shape index (κ2) is 7.10. The smallest absolute Gasteiger partial charge is 0.126 e. The predicted molar refractivity (Wildman–Crippen MR) is 91.9 cm³/mol. The van der Waals surface area contributed by atoms with E-state index in [4.69, 9.17) is 10.5 Å². The van der Waals surface area contributed by atoms with Gasteiger partial charge in [-0.05, 0) is 68.1 Å². The first-order valence-corrected chi connectivity index (χ1v) is 7.98. The van der Waals surface area contributed by atoms with Crippen LogP contribution in [0.15, 0.2) is 34.8 Å². The molecule has 0 aliphatic heterocycles. The van der Waals surface area contributed by atoms with E-state index in [1.165, 1.54) is 16.7 Å². The Balaban J connectivity index is 2.25. The molecule has 0 aliphatic rings. The maximum absolute atomic E-state index is 6.12. The fraction of sp³-hybridized carbons (Fsp3) is 0.333. The molecule has 0 radical (unpaired) electrons. The molecule has 0 bridgehead atoms. The quantitative estimate of drug-likeness (QED) is 0.866. The summed E-state index contributed by atoms with van der Waals surface area (Å²) in [4.78, 5) is 0. The van der Waals surface area contributed by atoms with Gasteiger partial charge in [-0.3, -0.25) is 0 Å². The number of nitrogens with two attached hydrogens (primary N) is 1. The summed E-state index contributed by atoms with van der Waals surface area (Å²) in [7, 11) is 0. The monoisotopic (exact) mass is 347 g/mol. The Labute approximate surface area is 135 Å². The average Bonchev–Trinajstić information content (AvgIpc) is 2.41. The van der Waals surface area contributed by atoms with E-state index >= 15 is 0 Å². The zero-order valence-corrected chi connectivity index (χ0v) is 14.5. The molecule has 0 atom stereocenters. The normalized spacial score (nSPS) is 10.7. The Bertz CT molecular complexity index is 637. The van der Waals surface area contributed by atoms with Gasteiger partial charge in [-0.25, -0.2) is 0 Å². The number of rotatable bonds is 5. The van der Waals surface area contributed by atoms with Crippen molar-refractivity contribution in [1.29, 1.82) is 0 Å². The lowest BCUT2D eigenvalue weighted by atomic mass is 10.1. The van der Waals surface area contributed by atoms with Crippen LogP contribution in [-0.2, 0) is 13.0 Å². The fourth-order valence-corrected chi connectivity index (χ4v) is 3.07. The lowest BCUT2D eigenvalue weighted by molar-refractivity contribution is 0.300. The van der Waals surface area contributed by atoms with Crippen molar-refractivity contribution >= 4 is 15.9 Å². The third-order valence-electron chi connectivity index (χ3n) is 3.61. The molecule has 2 aromatic carbocycles. The standard InChI is InChI=1S/C18H22BrNO/c1-12-4-5-13(2)16(8-12)11-21-18-14(3)9-17(19)10-15(18)6-7-20/h4-5,8-10H,6-7,11,20H2,1-3H3. The van der Waals surface area contributed by atoms with Crippen LogP contribution in [0, 0.1) is 20.8 Å². The van der Waals surface area contributed by atoms with Gasteiger partial charge in [0.1, 0.15) is 12.4 Å². The predicted octanol–water partition coefficient (Wildman–Crippen LogP) is 4.45. The summed E-state index contributed by atoms with van der Waals surface area (Å²) in [5, 5.41) is 0. The lowest BCUT2D eigenvalue weighted by Gasteiger charge is -2.16. The van der Waals surface area contributed by atoms with E-state index in [2.05, 4.69) is 67.0 Å². The molecule has 21 heavy (non-hydrogen) atoms. The molecule has 2 aromatic rings. The van der Waals surface area contributed by atoms with Crippen molar-refractivity contribution in [3.63, 3.8) is 0 Å². The van der Waals surface area contributed by atoms with Gasteiger partial charge in [0.05, 0.1) is 0 Å². The Kier molecular flexibility index (Phi) is 5.43. The average molecular weight is 348 g/mol. The molecule has 0 aromatic heterocycles. The van der Waals surface area contributed by atoms with Crippen molar-refractivity contribution in [3.05, 3.63) is 62.6 Å². The van der Waals surface area contributed by atoms with Crippen LogP contribution in [0.3, 0.4) is 0 Å². The van der Waals surface area contributed by atoms with Crippen LogP contribution in [0.2, 0.25) is 0 Å². The number of hydrogen-bond donors (Lipinski definition) is 1. The summed E-state index contributed by atoms with van der Waals surface area (Å²) in [5.74, 6) is 0.963. The van der Waals surface area contributed by atoms with Crippen LogP contribution in [0.1, 0.15) is 27.8 Å². The van der Waals surface area contributed by atoms with Crippen molar-refractivity contribution < 1.29 is 4.74 Å². The highest BCUT2D eigenvalue weighted by molar-refractivity contribution is 9.10. The zero-order chi connectivity index (χ0) is 15.4. The van der Waals surface area contributed by atoms with Gasteiger partial charge in [0.25, 0.3) is 0 Å². The number of halogens is 1. The maximum Gasteiger partial charge on any atom is 0.126 e. The Morgan fingerprint density at radius 1 is 1.00 bits per heavy atom. The number of benzene rings is 2. The summed E-state index contributed by atoms with van der Waals surface area (Å²) in [6.45, 7) is 7.51. The zero-order valence-electron chi connectivity index (χ0n) is 12.9. The van der Waals surface area contributed by atoms with Crippen molar-refractivity contribution in [1.82, 2.24) is 0 Å². The molecule has 3 heteroatoms. The van der Waals surface area contributed by atoms with Gasteiger partial charge < -0.3 is 10.5 Å². The van der Waals surface area contributed by atoms with Crippen molar-refractivity contribution in [2.75, 3.05) is 6.54 Å². The third-order valence-corrected chi connectivity index (χ3v) is 4.06. The minimum Gasteiger partial charge on any atom is -0.488 e. The molecular formula is C18H22BrNO. The van der Waals surface area contributed by atoms with Crippen LogP contribution in [-0.4, -0.2) is 6.54 Å². The number of aryl methyl sites for hydroxylation is 3. The second-order valence-corrected chi connectivity index (χ2v) is 6.38. The molecule has 0 amide bonds. The summed E-state index contributed by atoms with van der Waals surface area (Å²) in [6, 6.07) is 10.6. The van der Waals surface area contributed by atoms with E-state index in [-0.39, 0.29) is 0 Å². The van der Waals surface area contributed by atoms with E-state index < -0.39 is 0 Å². The van der Waals surface area contributed by atoms with Gasteiger partial charge in [-0.2, -0.15) is 0 Å². The Morgan fingerprint density at radius 3 is 2.48 bits per heavy atom. The Hall–Kier alpha value is -1.32. The van der Waals surface area contributed by atoms with Crippen molar-refractivity contribution in [2.24, 2.45) is 5.73 Å². The van der Waals surface area contributed by atoms with E-state index in [0.717, 1.165) is 27.8 Å². The SMILES string of the molecule is Cc1ccc(C)c(COc2c(C)cc(Br)cc2CCN)c1. The summed E-state index contributed by atoms with van der Waals surface area (Å²) in [5.41, 5.74) is 11.8. The van der Waals surface area contributed by atoms with Gasteiger partial charge in [-0.1, -0.05) is 39.7 Å². The van der Waals surface area contributed by atoms with E-state index in [9.17, 15) is 0 Å². The minimum absolute atomic E-state index is 0.591. The van der Waals surface area contributed by atoms with Crippen LogP contribution in [0.4, 0.5) is 0 Å². The van der Waals surface area contributed by atoms with E-state index in [1.807, 2.05) is 0 Å². The van der Waals surface area contributed by atoms with Crippen LogP contribution in [0.5, 0.6) is 5.75 Å². The molecule has 0 aliphatic carbocycles. The largest absolute Gasteiger partial charge is 0.488 e. The molecule has 112 valence electrons. The maximum atomic E-state index is 6.12. The number of hydrogen-bond acceptors (Lipinski definition) is 2. The molecule has 0 saturated heterocycles. The highest BCUT2D eigenvalue weighted by atomic mass is 79.9. The third kappa shape index (κ3) is 4.08. The van der Waals surface area contributed by atoms with Crippen LogP contribution >= 0.6 is 15.9 Å². The summed E-state index contributed by atoms with van der Waals surface area (Å²) >= 11 is 3.54. The molecule has 2 rings (SSSR count). The molecule has 0 saturated carbocycles. The summed E-state index contributed by atoms with van der Waals surface area (Å²) < 4.78 is 7.19. The molecule has 2 nitrogen and oxygen atoms in total. The summed E-state index contributed by atoms with van der Waals surface area (Å²) in [6.07, 6.45) is 0.822. The molecule has 0 unspecified atom stereocenters. The van der Waals surface area contributed by atoms with E-state index in [1.54, 1.807) is 0 Å². The first-order valence-electron chi connectivity index (χ1n) is 7.19. The minimum atomic E-state index is 0.591. The van der Waals surface area contributed by atoms with Gasteiger partial charge >= 0.3 is 0 Å². The Morgan fingerprint density at radius 2 is 1.76 bits per heavy atom. The topological polar surface area (TPSA) is 35.2 Å². The first kappa shape index (κ1) is 16.1. The van der Waals surface area contributed by atoms with Crippen molar-refractivity contribution in [2.45, 2.75) is 33.8 Å². The first-order chi connectivity index (χ1) is 10.0. The van der Waals surface area contributed by atoms with Gasteiger partial charge in [-0.15, -0.1) is 0 Å². The van der Waals surface area contributed by atoms with Gasteiger partial charge in [0, 0.05) is 4.47 Å². The highest BCUT2D eigenvalue weighted by Gasteiger charge is 2.10. The molecule has 0 fully saturated rings. The molecule has 0 heterocycles. The van der Waals surface area contributed by atoms with Gasteiger partial charge in [0.15, 0.2) is 0 Å². The molecular weight excluding hydrogens is 326 g/mol. The lowest BCUT2D eigenvalue weighted by Crippen LogP contribution is -2.07. The van der Waals surface area contributed by atoms with Gasteiger partial charge in [0.2, 0.25) is 0 Å². The second-order valence-electron chi connectivity index (χ2n) is 5.47. The molecule has 2 N–H and O–H groups in total.